The minimum absolute atomic E-state index is 0.204. The maximum atomic E-state index is 12.2. The highest BCUT2D eigenvalue weighted by Gasteiger charge is 2.12. The molecule has 8 nitrogen and oxygen atoms in total. The number of hydrogen-bond acceptors (Lipinski definition) is 7. The number of carbonyl (C=O) groups excluding carboxylic acids is 1. The second kappa shape index (κ2) is 9.01. The van der Waals surface area contributed by atoms with Gasteiger partial charge >= 0.3 is 0 Å². The number of anilines is 2. The third-order valence-corrected chi connectivity index (χ3v) is 4.11. The van der Waals surface area contributed by atoms with Crippen molar-refractivity contribution < 1.29 is 14.3 Å². The third kappa shape index (κ3) is 4.66. The average molecular weight is 400 g/mol. The molecule has 0 radical (unpaired) electrons. The zero-order valence-electron chi connectivity index (χ0n) is 15.3. The molecule has 0 fully saturated rings. The standard InChI is InChI=1S/C19H18ClN5O3/c1-27-16-9-15(17(28-2)8-13(16)20)23-18-6-5-14(24-25-18)19(26)22-11-12-4-3-7-21-10-12/h3-10H,11H2,1-2H3,(H,22,26)(H,23,25). The van der Waals surface area contributed by atoms with Gasteiger partial charge in [0.2, 0.25) is 0 Å². The maximum Gasteiger partial charge on any atom is 0.272 e. The Labute approximate surface area is 166 Å². The van der Waals surface area contributed by atoms with E-state index < -0.39 is 0 Å². The molecular formula is C19H18ClN5O3. The predicted octanol–water partition coefficient (Wildman–Crippen LogP) is 3.22. The van der Waals surface area contributed by atoms with Crippen molar-refractivity contribution in [3.63, 3.8) is 0 Å². The molecule has 144 valence electrons. The van der Waals surface area contributed by atoms with Crippen LogP contribution in [0.25, 0.3) is 0 Å². The molecule has 3 rings (SSSR count). The van der Waals surface area contributed by atoms with Crippen LogP contribution in [0.3, 0.4) is 0 Å². The molecule has 0 saturated heterocycles. The van der Waals surface area contributed by atoms with E-state index in [2.05, 4.69) is 25.8 Å². The largest absolute Gasteiger partial charge is 0.495 e. The average Bonchev–Trinajstić information content (AvgIpc) is 2.74. The van der Waals surface area contributed by atoms with E-state index in [0.29, 0.717) is 34.6 Å². The highest BCUT2D eigenvalue weighted by atomic mass is 35.5. The summed E-state index contributed by atoms with van der Waals surface area (Å²) in [5, 5.41) is 14.3. The topological polar surface area (TPSA) is 98.3 Å². The van der Waals surface area contributed by atoms with E-state index in [1.165, 1.54) is 14.2 Å². The molecule has 0 atom stereocenters. The molecule has 3 aromatic rings. The number of ether oxygens (including phenoxy) is 2. The van der Waals surface area contributed by atoms with Crippen molar-refractivity contribution >= 4 is 29.0 Å². The van der Waals surface area contributed by atoms with Crippen molar-refractivity contribution in [2.24, 2.45) is 0 Å². The third-order valence-electron chi connectivity index (χ3n) is 3.81. The van der Waals surface area contributed by atoms with Gasteiger partial charge in [-0.2, -0.15) is 0 Å². The maximum absolute atomic E-state index is 12.2. The Hall–Kier alpha value is -3.39. The number of pyridine rings is 1. The summed E-state index contributed by atoms with van der Waals surface area (Å²) >= 11 is 6.10. The zero-order valence-corrected chi connectivity index (χ0v) is 16.0. The molecule has 28 heavy (non-hydrogen) atoms. The number of methoxy groups -OCH3 is 2. The fourth-order valence-electron chi connectivity index (χ4n) is 2.39. The summed E-state index contributed by atoms with van der Waals surface area (Å²) in [7, 11) is 3.06. The van der Waals surface area contributed by atoms with E-state index in [4.69, 9.17) is 21.1 Å². The molecule has 0 aliphatic heterocycles. The smallest absolute Gasteiger partial charge is 0.272 e. The Morgan fingerprint density at radius 2 is 1.93 bits per heavy atom. The minimum Gasteiger partial charge on any atom is -0.495 e. The predicted molar refractivity (Wildman–Crippen MR) is 105 cm³/mol. The summed E-state index contributed by atoms with van der Waals surface area (Å²) < 4.78 is 10.5. The van der Waals surface area contributed by atoms with Crippen LogP contribution in [0.1, 0.15) is 16.1 Å². The SMILES string of the molecule is COc1cc(Nc2ccc(C(=O)NCc3cccnc3)nn2)c(OC)cc1Cl. The molecule has 2 aromatic heterocycles. The number of aromatic nitrogens is 3. The van der Waals surface area contributed by atoms with E-state index >= 15 is 0 Å². The number of amides is 1. The number of hydrogen-bond donors (Lipinski definition) is 2. The Morgan fingerprint density at radius 3 is 2.57 bits per heavy atom. The second-order valence-electron chi connectivity index (χ2n) is 5.66. The van der Waals surface area contributed by atoms with Crippen LogP contribution < -0.4 is 20.1 Å². The molecule has 0 aliphatic carbocycles. The van der Waals surface area contributed by atoms with Gasteiger partial charge in [0.1, 0.15) is 11.5 Å². The van der Waals surface area contributed by atoms with Crippen molar-refractivity contribution in [3.8, 4) is 11.5 Å². The number of nitrogens with one attached hydrogen (secondary N) is 2. The van der Waals surface area contributed by atoms with E-state index in [9.17, 15) is 4.79 Å². The van der Waals surface area contributed by atoms with Gasteiger partial charge in [-0.3, -0.25) is 9.78 Å². The Kier molecular flexibility index (Phi) is 6.23. The van der Waals surface area contributed by atoms with E-state index in [1.807, 2.05) is 12.1 Å². The van der Waals surface area contributed by atoms with Gasteiger partial charge in [0, 0.05) is 31.1 Å². The molecule has 9 heteroatoms. The highest BCUT2D eigenvalue weighted by molar-refractivity contribution is 6.32. The lowest BCUT2D eigenvalue weighted by Gasteiger charge is -2.13. The molecule has 2 N–H and O–H groups in total. The Bertz CT molecular complexity index is 952. The fourth-order valence-corrected chi connectivity index (χ4v) is 2.62. The first-order valence-corrected chi connectivity index (χ1v) is 8.68. The molecule has 0 aliphatic rings. The molecule has 1 aromatic carbocycles. The monoisotopic (exact) mass is 399 g/mol. The van der Waals surface area contributed by atoms with Crippen LogP contribution >= 0.6 is 11.6 Å². The summed E-state index contributed by atoms with van der Waals surface area (Å²) in [6.45, 7) is 0.357. The molecule has 0 unspecified atom stereocenters. The van der Waals surface area contributed by atoms with Crippen molar-refractivity contribution in [2.75, 3.05) is 19.5 Å². The summed E-state index contributed by atoms with van der Waals surface area (Å²) in [6, 6.07) is 10.2. The zero-order chi connectivity index (χ0) is 19.9. The van der Waals surface area contributed by atoms with Crippen LogP contribution in [-0.4, -0.2) is 35.3 Å². The van der Waals surface area contributed by atoms with Crippen LogP contribution in [0, 0.1) is 0 Å². The number of halogens is 1. The van der Waals surface area contributed by atoms with Crippen molar-refractivity contribution in [3.05, 3.63) is 65.1 Å². The van der Waals surface area contributed by atoms with E-state index in [0.717, 1.165) is 5.56 Å². The van der Waals surface area contributed by atoms with Gasteiger partial charge in [-0.25, -0.2) is 0 Å². The van der Waals surface area contributed by atoms with Crippen molar-refractivity contribution in [1.29, 1.82) is 0 Å². The normalized spacial score (nSPS) is 10.2. The molecule has 1 amide bonds. The first-order valence-electron chi connectivity index (χ1n) is 8.30. The number of nitrogens with zero attached hydrogens (tertiary/aromatic N) is 3. The van der Waals surface area contributed by atoms with E-state index in [-0.39, 0.29) is 11.6 Å². The van der Waals surface area contributed by atoms with Gasteiger partial charge in [-0.15, -0.1) is 10.2 Å². The number of benzene rings is 1. The summed E-state index contributed by atoms with van der Waals surface area (Å²) in [4.78, 5) is 16.2. The lowest BCUT2D eigenvalue weighted by molar-refractivity contribution is 0.0945. The first kappa shape index (κ1) is 19.4. The molecule has 0 spiro atoms. The van der Waals surface area contributed by atoms with Crippen molar-refractivity contribution in [1.82, 2.24) is 20.5 Å². The molecular weight excluding hydrogens is 382 g/mol. The van der Waals surface area contributed by atoms with Gasteiger partial charge in [0.15, 0.2) is 11.5 Å². The molecule has 0 saturated carbocycles. The van der Waals surface area contributed by atoms with Crippen LogP contribution in [0.15, 0.2) is 48.8 Å². The lowest BCUT2D eigenvalue weighted by Crippen LogP contribution is -2.24. The van der Waals surface area contributed by atoms with Gasteiger partial charge in [0.25, 0.3) is 5.91 Å². The Morgan fingerprint density at radius 1 is 1.11 bits per heavy atom. The van der Waals surface area contributed by atoms with Gasteiger partial charge in [0.05, 0.1) is 24.9 Å². The summed E-state index contributed by atoms with van der Waals surface area (Å²) in [5.74, 6) is 1.12. The first-order chi connectivity index (χ1) is 13.6. The van der Waals surface area contributed by atoms with Gasteiger partial charge < -0.3 is 20.1 Å². The summed E-state index contributed by atoms with van der Waals surface area (Å²) in [6.07, 6.45) is 3.36. The van der Waals surface area contributed by atoms with Crippen LogP contribution in [0.2, 0.25) is 5.02 Å². The lowest BCUT2D eigenvalue weighted by atomic mass is 10.2. The van der Waals surface area contributed by atoms with Gasteiger partial charge in [-0.1, -0.05) is 17.7 Å². The highest BCUT2D eigenvalue weighted by Crippen LogP contribution is 2.36. The number of carbonyl (C=O) groups is 1. The molecule has 0 bridgehead atoms. The Balaban J connectivity index is 1.68. The van der Waals surface area contributed by atoms with Gasteiger partial charge in [-0.05, 0) is 23.8 Å². The van der Waals surface area contributed by atoms with Crippen LogP contribution in [-0.2, 0) is 6.54 Å². The minimum atomic E-state index is -0.325. The van der Waals surface area contributed by atoms with Crippen molar-refractivity contribution in [2.45, 2.75) is 6.54 Å². The quantitative estimate of drug-likeness (QED) is 0.629. The van der Waals surface area contributed by atoms with Crippen LogP contribution in [0.5, 0.6) is 11.5 Å². The fraction of sp³-hybridized carbons (Fsp3) is 0.158. The number of rotatable bonds is 7. The second-order valence-corrected chi connectivity index (χ2v) is 6.07. The van der Waals surface area contributed by atoms with E-state index in [1.54, 1.807) is 36.7 Å². The van der Waals surface area contributed by atoms with Crippen LogP contribution in [0.4, 0.5) is 11.5 Å². The molecule has 2 heterocycles. The summed E-state index contributed by atoms with van der Waals surface area (Å²) in [5.41, 5.74) is 1.70.